The quantitative estimate of drug-likeness (QED) is 0.584. The molecular formula is C25H46ClN7. The molecule has 0 aromatic carbocycles. The second kappa shape index (κ2) is 9.12. The minimum atomic E-state index is 0.160. The molecule has 3 rings (SSSR count). The topological polar surface area (TPSA) is 69.2 Å². The Labute approximate surface area is 206 Å². The molecule has 1 aromatic rings. The molecule has 0 spiro atoms. The van der Waals surface area contributed by atoms with Gasteiger partial charge in [0.2, 0.25) is 17.2 Å². The molecule has 1 aromatic heterocycles. The smallest absolute Gasteiger partial charge is 0.228 e. The summed E-state index contributed by atoms with van der Waals surface area (Å²) in [5.41, 5.74) is 0.640. The van der Waals surface area contributed by atoms with Crippen LogP contribution in [0.1, 0.15) is 81.1 Å². The van der Waals surface area contributed by atoms with Gasteiger partial charge in [-0.1, -0.05) is 0 Å². The van der Waals surface area contributed by atoms with E-state index in [1.165, 1.54) is 0 Å². The van der Waals surface area contributed by atoms with E-state index < -0.39 is 0 Å². The summed E-state index contributed by atoms with van der Waals surface area (Å²) in [6.45, 7) is 20.3. The molecular weight excluding hydrogens is 434 g/mol. The Morgan fingerprint density at radius 2 is 0.970 bits per heavy atom. The molecule has 0 atom stereocenters. The third-order valence-electron chi connectivity index (χ3n) is 8.49. The Hall–Kier alpha value is -1.18. The number of likely N-dealkylation sites (tertiary alicyclic amines) is 2. The Bertz CT molecular complexity index is 736. The van der Waals surface area contributed by atoms with Crippen LogP contribution < -0.4 is 10.6 Å². The van der Waals surface area contributed by atoms with Crippen LogP contribution in [0.3, 0.4) is 0 Å². The van der Waals surface area contributed by atoms with E-state index in [1.807, 2.05) is 0 Å². The predicted molar refractivity (Wildman–Crippen MR) is 139 cm³/mol. The first-order valence-electron chi connectivity index (χ1n) is 12.4. The van der Waals surface area contributed by atoms with Crippen LogP contribution in [-0.4, -0.2) is 74.1 Å². The predicted octanol–water partition coefficient (Wildman–Crippen LogP) is 5.15. The van der Waals surface area contributed by atoms with Gasteiger partial charge in [0.05, 0.1) is 0 Å². The van der Waals surface area contributed by atoms with Gasteiger partial charge in [-0.2, -0.15) is 15.0 Å². The van der Waals surface area contributed by atoms with E-state index in [1.54, 1.807) is 0 Å². The summed E-state index contributed by atoms with van der Waals surface area (Å²) in [7, 11) is 4.47. The van der Waals surface area contributed by atoms with Crippen molar-refractivity contribution in [3.63, 3.8) is 0 Å². The lowest BCUT2D eigenvalue weighted by atomic mass is 9.74. The Kier molecular flexibility index (Phi) is 7.30. The average molecular weight is 480 g/mol. The molecule has 2 aliphatic rings. The van der Waals surface area contributed by atoms with Crippen LogP contribution in [0.25, 0.3) is 0 Å². The maximum absolute atomic E-state index is 6.26. The number of hydrogen-bond acceptors (Lipinski definition) is 7. The van der Waals surface area contributed by atoms with Crippen molar-refractivity contribution in [1.29, 1.82) is 0 Å². The molecule has 0 saturated carbocycles. The van der Waals surface area contributed by atoms with Gasteiger partial charge in [0.15, 0.2) is 0 Å². The highest BCUT2D eigenvalue weighted by Gasteiger charge is 2.43. The van der Waals surface area contributed by atoms with Crippen molar-refractivity contribution >= 4 is 23.5 Å². The summed E-state index contributed by atoms with van der Waals surface area (Å²) in [6.07, 6.45) is 4.52. The van der Waals surface area contributed by atoms with Gasteiger partial charge in [-0.05, 0) is 119 Å². The Morgan fingerprint density at radius 3 is 1.27 bits per heavy atom. The summed E-state index contributed by atoms with van der Waals surface area (Å²) < 4.78 is 0. The fourth-order valence-corrected chi connectivity index (χ4v) is 6.58. The minimum absolute atomic E-state index is 0.160. The highest BCUT2D eigenvalue weighted by atomic mass is 35.5. The number of aromatic nitrogens is 3. The third-order valence-corrected chi connectivity index (χ3v) is 8.66. The summed E-state index contributed by atoms with van der Waals surface area (Å²) in [5, 5.41) is 7.11. The number of piperidine rings is 2. The van der Waals surface area contributed by atoms with E-state index in [9.17, 15) is 0 Å². The first-order chi connectivity index (χ1) is 15.0. The first kappa shape index (κ1) is 26.4. The van der Waals surface area contributed by atoms with Crippen LogP contribution in [0.15, 0.2) is 0 Å². The van der Waals surface area contributed by atoms with E-state index in [0.29, 0.717) is 23.7 Å². The fourth-order valence-electron chi connectivity index (χ4n) is 6.42. The van der Waals surface area contributed by atoms with Crippen molar-refractivity contribution in [3.8, 4) is 0 Å². The van der Waals surface area contributed by atoms with Crippen LogP contribution in [0.4, 0.5) is 11.9 Å². The van der Waals surface area contributed by atoms with Gasteiger partial charge in [0.25, 0.3) is 0 Å². The maximum Gasteiger partial charge on any atom is 0.228 e. The minimum Gasteiger partial charge on any atom is -0.354 e. The standard InChI is InChI=1S/C25H46ClN7/c1-22(2)11-17(12-23(3,4)32(22)9)15-27-20-29-19(26)30-21(31-20)28-16-18-13-24(5,6)33(10)25(7,8)14-18/h17-18H,11-16H2,1-10H3,(H2,27,28,29,30,31). The second-order valence-electron chi connectivity index (χ2n) is 12.9. The van der Waals surface area contributed by atoms with Gasteiger partial charge in [0.1, 0.15) is 0 Å². The van der Waals surface area contributed by atoms with Gasteiger partial charge in [-0.25, -0.2) is 0 Å². The average Bonchev–Trinajstić information content (AvgIpc) is 2.66. The monoisotopic (exact) mass is 479 g/mol. The highest BCUT2D eigenvalue weighted by Crippen LogP contribution is 2.41. The summed E-state index contributed by atoms with van der Waals surface area (Å²) in [5.74, 6) is 2.19. The van der Waals surface area contributed by atoms with E-state index in [4.69, 9.17) is 11.6 Å². The Morgan fingerprint density at radius 1 is 0.667 bits per heavy atom. The molecule has 7 nitrogen and oxygen atoms in total. The van der Waals surface area contributed by atoms with Crippen LogP contribution in [0.5, 0.6) is 0 Å². The first-order valence-corrected chi connectivity index (χ1v) is 12.8. The Balaban J connectivity index is 1.61. The molecule has 33 heavy (non-hydrogen) atoms. The van der Waals surface area contributed by atoms with Crippen molar-refractivity contribution < 1.29 is 0 Å². The molecule has 0 aliphatic carbocycles. The fraction of sp³-hybridized carbons (Fsp3) is 0.880. The number of nitrogens with zero attached hydrogens (tertiary/aromatic N) is 5. The van der Waals surface area contributed by atoms with Gasteiger partial charge in [-0.3, -0.25) is 9.80 Å². The molecule has 2 fully saturated rings. The molecule has 2 saturated heterocycles. The molecule has 3 heterocycles. The van der Waals surface area contributed by atoms with Gasteiger partial charge < -0.3 is 10.6 Å². The van der Waals surface area contributed by atoms with Gasteiger partial charge in [0, 0.05) is 35.2 Å². The number of hydrogen-bond donors (Lipinski definition) is 2. The number of nitrogens with one attached hydrogen (secondary N) is 2. The largest absolute Gasteiger partial charge is 0.354 e. The van der Waals surface area contributed by atoms with E-state index in [0.717, 1.165) is 38.8 Å². The molecule has 0 unspecified atom stereocenters. The molecule has 0 bridgehead atoms. The molecule has 8 heteroatoms. The van der Waals surface area contributed by atoms with Gasteiger partial charge in [-0.15, -0.1) is 0 Å². The third kappa shape index (κ3) is 6.09. The van der Waals surface area contributed by atoms with Crippen LogP contribution in [0.2, 0.25) is 5.28 Å². The summed E-state index contributed by atoms with van der Waals surface area (Å²) in [6, 6.07) is 0. The number of anilines is 2. The highest BCUT2D eigenvalue weighted by molar-refractivity contribution is 6.28. The zero-order valence-corrected chi connectivity index (χ0v) is 23.3. The van der Waals surface area contributed by atoms with Crippen molar-refractivity contribution in [3.05, 3.63) is 5.28 Å². The molecule has 2 aliphatic heterocycles. The second-order valence-corrected chi connectivity index (χ2v) is 13.3. The van der Waals surface area contributed by atoms with Crippen LogP contribution in [0, 0.1) is 11.8 Å². The van der Waals surface area contributed by atoms with Crippen molar-refractivity contribution in [2.75, 3.05) is 37.8 Å². The van der Waals surface area contributed by atoms with E-state index in [-0.39, 0.29) is 27.4 Å². The molecule has 2 N–H and O–H groups in total. The van der Waals surface area contributed by atoms with Crippen LogP contribution >= 0.6 is 11.6 Å². The van der Waals surface area contributed by atoms with E-state index in [2.05, 4.69) is 105 Å². The SMILES string of the molecule is CN1C(C)(C)CC(CNc2nc(Cl)nc(NCC3CC(C)(C)N(C)C(C)(C)C3)n2)CC1(C)C. The van der Waals surface area contributed by atoms with Crippen LogP contribution in [-0.2, 0) is 0 Å². The lowest BCUT2D eigenvalue weighted by molar-refractivity contribution is -0.0270. The lowest BCUT2D eigenvalue weighted by Crippen LogP contribution is -2.59. The molecule has 0 amide bonds. The van der Waals surface area contributed by atoms with E-state index >= 15 is 0 Å². The normalized spacial score (nSPS) is 25.7. The summed E-state index contributed by atoms with van der Waals surface area (Å²) in [4.78, 5) is 18.3. The zero-order valence-electron chi connectivity index (χ0n) is 22.5. The molecule has 188 valence electrons. The number of rotatable bonds is 6. The number of halogens is 1. The van der Waals surface area contributed by atoms with Gasteiger partial charge >= 0.3 is 0 Å². The zero-order chi connectivity index (χ0) is 24.8. The summed E-state index contributed by atoms with van der Waals surface area (Å²) >= 11 is 6.26. The molecule has 0 radical (unpaired) electrons. The maximum atomic E-state index is 6.26. The van der Waals surface area contributed by atoms with Crippen molar-refractivity contribution in [2.45, 2.75) is 103 Å². The van der Waals surface area contributed by atoms with Crippen molar-refractivity contribution in [1.82, 2.24) is 24.8 Å². The lowest BCUT2D eigenvalue weighted by Gasteiger charge is -2.53. The van der Waals surface area contributed by atoms with Crippen molar-refractivity contribution in [2.24, 2.45) is 11.8 Å².